The van der Waals surface area contributed by atoms with Crippen molar-refractivity contribution in [3.05, 3.63) is 0 Å². The number of aliphatic imine (C=N–C) groups is 1. The summed E-state index contributed by atoms with van der Waals surface area (Å²) >= 11 is 0. The van der Waals surface area contributed by atoms with E-state index in [1.54, 1.807) is 0 Å². The smallest absolute Gasteiger partial charge is 0.188 e. The largest absolute Gasteiger partial charge is 0.382 e. The lowest BCUT2D eigenvalue weighted by Crippen LogP contribution is -2.39. The average molecular weight is 272 g/mol. The first-order chi connectivity index (χ1) is 9.33. The van der Waals surface area contributed by atoms with Crippen molar-refractivity contribution in [2.45, 2.75) is 19.8 Å². The van der Waals surface area contributed by atoms with E-state index >= 15 is 0 Å². The minimum Gasteiger partial charge on any atom is -0.382 e. The third kappa shape index (κ3) is 8.80. The summed E-state index contributed by atoms with van der Waals surface area (Å²) in [6.07, 6.45) is 2.00. The molecule has 0 saturated carbocycles. The van der Waals surface area contributed by atoms with Gasteiger partial charge in [-0.1, -0.05) is 0 Å². The van der Waals surface area contributed by atoms with Gasteiger partial charge >= 0.3 is 0 Å². The van der Waals surface area contributed by atoms with Gasteiger partial charge in [0.1, 0.15) is 0 Å². The first-order valence-corrected chi connectivity index (χ1v) is 7.24. The predicted molar refractivity (Wildman–Crippen MR) is 77.5 cm³/mol. The maximum atomic E-state index is 5.77. The van der Waals surface area contributed by atoms with Gasteiger partial charge in [-0.3, -0.25) is 9.89 Å². The van der Waals surface area contributed by atoms with Crippen LogP contribution in [0.4, 0.5) is 0 Å². The standard InChI is InChI=1S/C13H28N4O2/c1-2-18-10-4-6-16-13(14)15-5-3-7-17-8-11-19-12-9-17/h2-12H2,1H3,(H3,14,15,16). The molecule has 0 aromatic rings. The Morgan fingerprint density at radius 3 is 2.89 bits per heavy atom. The second-order valence-electron chi connectivity index (χ2n) is 4.55. The van der Waals surface area contributed by atoms with E-state index in [9.17, 15) is 0 Å². The molecule has 0 aromatic carbocycles. The predicted octanol–water partition coefficient (Wildman–Crippen LogP) is 0.0396. The van der Waals surface area contributed by atoms with Gasteiger partial charge in [0.05, 0.1) is 13.2 Å². The van der Waals surface area contributed by atoms with E-state index in [1.807, 2.05) is 6.92 Å². The third-order valence-electron chi connectivity index (χ3n) is 2.99. The third-order valence-corrected chi connectivity index (χ3v) is 2.99. The van der Waals surface area contributed by atoms with Crippen molar-refractivity contribution < 1.29 is 9.47 Å². The van der Waals surface area contributed by atoms with E-state index in [0.717, 1.165) is 72.0 Å². The molecular formula is C13H28N4O2. The normalized spacial score (nSPS) is 17.6. The van der Waals surface area contributed by atoms with Crippen LogP contribution in [0.3, 0.4) is 0 Å². The molecule has 1 aliphatic heterocycles. The van der Waals surface area contributed by atoms with Gasteiger partial charge in [-0.05, 0) is 26.3 Å². The molecule has 19 heavy (non-hydrogen) atoms. The molecule has 3 N–H and O–H groups in total. The maximum absolute atomic E-state index is 5.77. The summed E-state index contributed by atoms with van der Waals surface area (Å²) in [6.45, 7) is 10.0. The average Bonchev–Trinajstić information content (AvgIpc) is 2.44. The summed E-state index contributed by atoms with van der Waals surface area (Å²) in [5.74, 6) is 0.540. The zero-order chi connectivity index (χ0) is 13.8. The number of nitrogens with one attached hydrogen (secondary N) is 1. The molecule has 0 atom stereocenters. The van der Waals surface area contributed by atoms with Crippen LogP contribution in [0.5, 0.6) is 0 Å². The molecule has 1 heterocycles. The molecule has 1 saturated heterocycles. The van der Waals surface area contributed by atoms with Gasteiger partial charge in [0, 0.05) is 39.4 Å². The van der Waals surface area contributed by atoms with Crippen LogP contribution in [0.25, 0.3) is 0 Å². The van der Waals surface area contributed by atoms with Crippen LogP contribution in [0.2, 0.25) is 0 Å². The van der Waals surface area contributed by atoms with Crippen molar-refractivity contribution in [2.24, 2.45) is 10.7 Å². The molecule has 0 aromatic heterocycles. The molecular weight excluding hydrogens is 244 g/mol. The fourth-order valence-electron chi connectivity index (χ4n) is 1.91. The fourth-order valence-corrected chi connectivity index (χ4v) is 1.91. The Kier molecular flexibility index (Phi) is 9.40. The topological polar surface area (TPSA) is 72.1 Å². The Morgan fingerprint density at radius 1 is 1.37 bits per heavy atom. The van der Waals surface area contributed by atoms with E-state index < -0.39 is 0 Å². The summed E-state index contributed by atoms with van der Waals surface area (Å²) in [7, 11) is 0. The summed E-state index contributed by atoms with van der Waals surface area (Å²) < 4.78 is 10.5. The molecule has 0 unspecified atom stereocenters. The van der Waals surface area contributed by atoms with Gasteiger partial charge in [-0.25, -0.2) is 0 Å². The van der Waals surface area contributed by atoms with Gasteiger partial charge in [-0.15, -0.1) is 0 Å². The number of hydrogen-bond acceptors (Lipinski definition) is 4. The zero-order valence-corrected chi connectivity index (χ0v) is 12.1. The molecule has 1 fully saturated rings. The SMILES string of the molecule is CCOCCCN=C(N)NCCCN1CCOCC1. The van der Waals surface area contributed by atoms with Crippen molar-refractivity contribution in [3.63, 3.8) is 0 Å². The van der Waals surface area contributed by atoms with Crippen molar-refractivity contribution in [1.29, 1.82) is 0 Å². The number of hydrogen-bond donors (Lipinski definition) is 2. The maximum Gasteiger partial charge on any atom is 0.188 e. The Labute approximate surface area is 116 Å². The van der Waals surface area contributed by atoms with Crippen LogP contribution in [0.1, 0.15) is 19.8 Å². The zero-order valence-electron chi connectivity index (χ0n) is 12.1. The van der Waals surface area contributed by atoms with Gasteiger partial charge in [0.2, 0.25) is 0 Å². The molecule has 0 amide bonds. The number of guanidine groups is 1. The summed E-state index contributed by atoms with van der Waals surface area (Å²) in [4.78, 5) is 6.67. The molecule has 0 spiro atoms. The van der Waals surface area contributed by atoms with Crippen molar-refractivity contribution in [2.75, 3.05) is 59.2 Å². The lowest BCUT2D eigenvalue weighted by molar-refractivity contribution is 0.0376. The highest BCUT2D eigenvalue weighted by atomic mass is 16.5. The summed E-state index contributed by atoms with van der Waals surface area (Å²) in [6, 6.07) is 0. The second-order valence-corrected chi connectivity index (χ2v) is 4.55. The minimum absolute atomic E-state index is 0.540. The van der Waals surface area contributed by atoms with Crippen molar-refractivity contribution in [1.82, 2.24) is 10.2 Å². The van der Waals surface area contributed by atoms with Crippen LogP contribution in [-0.4, -0.2) is 70.0 Å². The highest BCUT2D eigenvalue weighted by Crippen LogP contribution is 1.97. The van der Waals surface area contributed by atoms with Gasteiger partial charge < -0.3 is 20.5 Å². The lowest BCUT2D eigenvalue weighted by atomic mass is 10.3. The Hall–Kier alpha value is -0.850. The van der Waals surface area contributed by atoms with E-state index in [-0.39, 0.29) is 0 Å². The van der Waals surface area contributed by atoms with E-state index in [0.29, 0.717) is 5.96 Å². The van der Waals surface area contributed by atoms with E-state index in [4.69, 9.17) is 15.2 Å². The Bertz CT molecular complexity index is 243. The number of ether oxygens (including phenoxy) is 2. The van der Waals surface area contributed by atoms with Crippen LogP contribution in [0, 0.1) is 0 Å². The van der Waals surface area contributed by atoms with Crippen molar-refractivity contribution >= 4 is 5.96 Å². The minimum atomic E-state index is 0.540. The van der Waals surface area contributed by atoms with Crippen LogP contribution < -0.4 is 11.1 Å². The number of nitrogens with two attached hydrogens (primary N) is 1. The van der Waals surface area contributed by atoms with Gasteiger partial charge in [0.25, 0.3) is 0 Å². The fraction of sp³-hybridized carbons (Fsp3) is 0.923. The monoisotopic (exact) mass is 272 g/mol. The first-order valence-electron chi connectivity index (χ1n) is 7.24. The number of nitrogens with zero attached hydrogens (tertiary/aromatic N) is 2. The second kappa shape index (κ2) is 11.0. The number of rotatable bonds is 9. The highest BCUT2D eigenvalue weighted by molar-refractivity contribution is 5.77. The van der Waals surface area contributed by atoms with Crippen LogP contribution in [-0.2, 0) is 9.47 Å². The molecule has 0 radical (unpaired) electrons. The van der Waals surface area contributed by atoms with Gasteiger partial charge in [0.15, 0.2) is 5.96 Å². The first kappa shape index (κ1) is 16.2. The lowest BCUT2D eigenvalue weighted by Gasteiger charge is -2.26. The quantitative estimate of drug-likeness (QED) is 0.352. The van der Waals surface area contributed by atoms with E-state index in [1.165, 1.54) is 0 Å². The summed E-state index contributed by atoms with van der Waals surface area (Å²) in [5.41, 5.74) is 5.77. The molecule has 1 rings (SSSR count). The molecule has 6 heteroatoms. The molecule has 6 nitrogen and oxygen atoms in total. The highest BCUT2D eigenvalue weighted by Gasteiger charge is 2.08. The van der Waals surface area contributed by atoms with Crippen LogP contribution >= 0.6 is 0 Å². The summed E-state index contributed by atoms with van der Waals surface area (Å²) in [5, 5.41) is 3.14. The van der Waals surface area contributed by atoms with Gasteiger partial charge in [-0.2, -0.15) is 0 Å². The molecule has 0 aliphatic carbocycles. The molecule has 112 valence electrons. The van der Waals surface area contributed by atoms with E-state index in [2.05, 4.69) is 15.2 Å². The molecule has 1 aliphatic rings. The Morgan fingerprint density at radius 2 is 2.16 bits per heavy atom. The number of morpholine rings is 1. The Balaban J connectivity index is 1.93. The molecule has 0 bridgehead atoms. The van der Waals surface area contributed by atoms with Crippen LogP contribution in [0.15, 0.2) is 4.99 Å². The van der Waals surface area contributed by atoms with Crippen molar-refractivity contribution in [3.8, 4) is 0 Å².